The third kappa shape index (κ3) is 7.00. The Morgan fingerprint density at radius 1 is 1.16 bits per heavy atom. The molecule has 1 fully saturated rings. The summed E-state index contributed by atoms with van der Waals surface area (Å²) in [6.07, 6.45) is 1.10. The van der Waals surface area contributed by atoms with Gasteiger partial charge < -0.3 is 9.47 Å². The van der Waals surface area contributed by atoms with Gasteiger partial charge in [0.15, 0.2) is 15.0 Å². The lowest BCUT2D eigenvalue weighted by atomic mass is 10.2. The van der Waals surface area contributed by atoms with Crippen LogP contribution in [0.3, 0.4) is 0 Å². The molecule has 0 spiro atoms. The Balaban J connectivity index is 1.45. The SMILES string of the molecule is COc1ccc(S(=O)(=O)CCCC(=O)N(CCCN2CCOCC2)c2nc3c(C)ccc(Cl)c3s2)cc1. The molecule has 200 valence electrons. The van der Waals surface area contributed by atoms with Gasteiger partial charge in [0.25, 0.3) is 0 Å². The maximum Gasteiger partial charge on any atom is 0.228 e. The maximum absolute atomic E-state index is 13.4. The highest BCUT2D eigenvalue weighted by Crippen LogP contribution is 2.36. The van der Waals surface area contributed by atoms with Crippen LogP contribution in [0, 0.1) is 6.92 Å². The summed E-state index contributed by atoms with van der Waals surface area (Å²) >= 11 is 7.82. The lowest BCUT2D eigenvalue weighted by Gasteiger charge is -2.27. The van der Waals surface area contributed by atoms with E-state index in [1.165, 1.54) is 30.6 Å². The van der Waals surface area contributed by atoms with E-state index in [1.54, 1.807) is 17.0 Å². The van der Waals surface area contributed by atoms with E-state index < -0.39 is 9.84 Å². The number of aryl methyl sites for hydroxylation is 1. The van der Waals surface area contributed by atoms with E-state index in [0.717, 1.165) is 55.0 Å². The van der Waals surface area contributed by atoms with E-state index in [2.05, 4.69) is 4.90 Å². The molecule has 1 saturated heterocycles. The molecule has 4 rings (SSSR count). The van der Waals surface area contributed by atoms with Crippen molar-refractivity contribution in [2.24, 2.45) is 0 Å². The third-order valence-electron chi connectivity index (χ3n) is 6.40. The summed E-state index contributed by atoms with van der Waals surface area (Å²) in [6, 6.07) is 10.1. The van der Waals surface area contributed by atoms with Gasteiger partial charge >= 0.3 is 0 Å². The fraction of sp³-hybridized carbons (Fsp3) is 0.462. The van der Waals surface area contributed by atoms with Gasteiger partial charge in [0.2, 0.25) is 5.91 Å². The Morgan fingerprint density at radius 3 is 2.57 bits per heavy atom. The number of benzene rings is 2. The van der Waals surface area contributed by atoms with Crippen molar-refractivity contribution < 1.29 is 22.7 Å². The molecule has 8 nitrogen and oxygen atoms in total. The standard InChI is InChI=1S/C26H32ClN3O5S2/c1-19-6-11-22(27)25-24(19)28-26(36-25)30(13-4-12-29-14-16-35-17-15-29)23(31)5-3-18-37(32,33)21-9-7-20(34-2)8-10-21/h6-11H,3-5,12-18H2,1-2H3. The molecule has 37 heavy (non-hydrogen) atoms. The highest BCUT2D eigenvalue weighted by molar-refractivity contribution is 7.91. The highest BCUT2D eigenvalue weighted by Gasteiger charge is 2.23. The summed E-state index contributed by atoms with van der Waals surface area (Å²) in [5.74, 6) is 0.338. The van der Waals surface area contributed by atoms with Crippen LogP contribution in [0.2, 0.25) is 5.02 Å². The number of sulfone groups is 1. The van der Waals surface area contributed by atoms with Gasteiger partial charge in [-0.25, -0.2) is 13.4 Å². The monoisotopic (exact) mass is 565 g/mol. The zero-order valence-corrected chi connectivity index (χ0v) is 23.5. The number of thiazole rings is 1. The first kappa shape index (κ1) is 27.8. The summed E-state index contributed by atoms with van der Waals surface area (Å²) in [6.45, 7) is 6.53. The largest absolute Gasteiger partial charge is 0.497 e. The number of hydrogen-bond acceptors (Lipinski definition) is 8. The number of methoxy groups -OCH3 is 1. The molecule has 0 atom stereocenters. The average Bonchev–Trinajstić information content (AvgIpc) is 3.36. The number of fused-ring (bicyclic) bond motifs is 1. The van der Waals surface area contributed by atoms with Crippen LogP contribution < -0.4 is 9.64 Å². The van der Waals surface area contributed by atoms with Gasteiger partial charge in [-0.3, -0.25) is 14.6 Å². The highest BCUT2D eigenvalue weighted by atomic mass is 35.5. The second-order valence-electron chi connectivity index (χ2n) is 8.99. The lowest BCUT2D eigenvalue weighted by molar-refractivity contribution is -0.118. The molecule has 1 aromatic heterocycles. The predicted molar refractivity (Wildman–Crippen MR) is 148 cm³/mol. The Kier molecular flexibility index (Phi) is 9.41. The summed E-state index contributed by atoms with van der Waals surface area (Å²) in [7, 11) is -1.98. The Hall–Kier alpha value is -2.24. The number of carbonyl (C=O) groups is 1. The van der Waals surface area contributed by atoms with Gasteiger partial charge in [-0.1, -0.05) is 29.0 Å². The van der Waals surface area contributed by atoms with Gasteiger partial charge in [0.1, 0.15) is 5.75 Å². The molecular formula is C26H32ClN3O5S2. The van der Waals surface area contributed by atoms with E-state index in [9.17, 15) is 13.2 Å². The molecule has 11 heteroatoms. The zero-order chi connectivity index (χ0) is 26.4. The van der Waals surface area contributed by atoms with Crippen molar-refractivity contribution >= 4 is 54.0 Å². The van der Waals surface area contributed by atoms with Crippen LogP contribution in [0.5, 0.6) is 5.75 Å². The molecule has 1 amide bonds. The number of rotatable bonds is 11. The van der Waals surface area contributed by atoms with Gasteiger partial charge in [-0.05, 0) is 55.7 Å². The molecule has 2 aromatic carbocycles. The second-order valence-corrected chi connectivity index (χ2v) is 12.5. The Morgan fingerprint density at radius 2 is 1.89 bits per heavy atom. The Bertz CT molecular complexity index is 1280. The lowest BCUT2D eigenvalue weighted by Crippen LogP contribution is -2.39. The molecule has 0 aliphatic carbocycles. The molecular weight excluding hydrogens is 534 g/mol. The number of nitrogens with zero attached hydrogens (tertiary/aromatic N) is 3. The van der Waals surface area contributed by atoms with Crippen LogP contribution in [0.15, 0.2) is 41.3 Å². The first-order chi connectivity index (χ1) is 17.8. The minimum absolute atomic E-state index is 0.107. The normalized spacial score (nSPS) is 14.7. The van der Waals surface area contributed by atoms with Crippen molar-refractivity contribution in [1.82, 2.24) is 9.88 Å². The van der Waals surface area contributed by atoms with Crippen LogP contribution in [0.1, 0.15) is 24.8 Å². The number of carbonyl (C=O) groups excluding carboxylic acids is 1. The van der Waals surface area contributed by atoms with Gasteiger partial charge in [-0.2, -0.15) is 0 Å². The molecule has 0 N–H and O–H groups in total. The number of hydrogen-bond donors (Lipinski definition) is 0. The van der Waals surface area contributed by atoms with E-state index >= 15 is 0 Å². The summed E-state index contributed by atoms with van der Waals surface area (Å²) in [5, 5.41) is 1.20. The minimum Gasteiger partial charge on any atom is -0.497 e. The van der Waals surface area contributed by atoms with Crippen LogP contribution in [0.4, 0.5) is 5.13 Å². The third-order valence-corrected chi connectivity index (χ3v) is 9.76. The zero-order valence-electron chi connectivity index (χ0n) is 21.1. The molecule has 1 aliphatic rings. The molecule has 2 heterocycles. The predicted octanol–water partition coefficient (Wildman–Crippen LogP) is 4.58. The van der Waals surface area contributed by atoms with Crippen molar-refractivity contribution in [3.8, 4) is 5.75 Å². The quantitative estimate of drug-likeness (QED) is 0.336. The number of anilines is 1. The fourth-order valence-corrected chi connectivity index (χ4v) is 6.93. The first-order valence-electron chi connectivity index (χ1n) is 12.3. The summed E-state index contributed by atoms with van der Waals surface area (Å²) < 4.78 is 37.0. The summed E-state index contributed by atoms with van der Waals surface area (Å²) in [5.41, 5.74) is 1.79. The first-order valence-corrected chi connectivity index (χ1v) is 15.2. The van der Waals surface area contributed by atoms with E-state index in [-0.39, 0.29) is 29.4 Å². The molecule has 3 aromatic rings. The molecule has 1 aliphatic heterocycles. The van der Waals surface area contributed by atoms with E-state index in [4.69, 9.17) is 26.1 Å². The molecule has 0 bridgehead atoms. The van der Waals surface area contributed by atoms with E-state index in [1.807, 2.05) is 19.1 Å². The number of aromatic nitrogens is 1. The average molecular weight is 566 g/mol. The molecule has 0 unspecified atom stereocenters. The van der Waals surface area contributed by atoms with Gasteiger partial charge in [0, 0.05) is 32.6 Å². The van der Waals surface area contributed by atoms with Crippen molar-refractivity contribution in [2.75, 3.05) is 57.2 Å². The van der Waals surface area contributed by atoms with Crippen molar-refractivity contribution in [2.45, 2.75) is 31.1 Å². The van der Waals surface area contributed by atoms with Crippen LogP contribution in [-0.4, -0.2) is 76.5 Å². The maximum atomic E-state index is 13.4. The molecule has 0 radical (unpaired) electrons. The minimum atomic E-state index is -3.51. The smallest absolute Gasteiger partial charge is 0.228 e. The van der Waals surface area contributed by atoms with Crippen LogP contribution in [0.25, 0.3) is 10.2 Å². The number of morpholine rings is 1. The number of amides is 1. The van der Waals surface area contributed by atoms with Crippen molar-refractivity contribution in [1.29, 1.82) is 0 Å². The van der Waals surface area contributed by atoms with Gasteiger partial charge in [0.05, 0.1) is 46.2 Å². The topological polar surface area (TPSA) is 89.0 Å². The molecule has 0 saturated carbocycles. The second kappa shape index (κ2) is 12.5. The fourth-order valence-electron chi connectivity index (χ4n) is 4.26. The van der Waals surface area contributed by atoms with E-state index in [0.29, 0.717) is 22.4 Å². The van der Waals surface area contributed by atoms with Crippen molar-refractivity contribution in [3.63, 3.8) is 0 Å². The van der Waals surface area contributed by atoms with Gasteiger partial charge in [-0.15, -0.1) is 0 Å². The van der Waals surface area contributed by atoms with Crippen LogP contribution in [-0.2, 0) is 19.4 Å². The van der Waals surface area contributed by atoms with Crippen molar-refractivity contribution in [3.05, 3.63) is 47.0 Å². The Labute approximate surface area is 227 Å². The number of halogens is 1. The number of ether oxygens (including phenoxy) is 2. The van der Waals surface area contributed by atoms with Crippen LogP contribution >= 0.6 is 22.9 Å². The summed E-state index contributed by atoms with van der Waals surface area (Å²) in [4.78, 5) is 22.4.